The molecule has 21 heteroatoms. The predicted octanol–water partition coefficient (Wildman–Crippen LogP) is 4.01. The van der Waals surface area contributed by atoms with Gasteiger partial charge in [0.2, 0.25) is 12.3 Å². The van der Waals surface area contributed by atoms with Gasteiger partial charge >= 0.3 is 0 Å². The van der Waals surface area contributed by atoms with Crippen LogP contribution in [0.5, 0.6) is 0 Å². The van der Waals surface area contributed by atoms with Crippen LogP contribution in [0, 0.1) is 11.8 Å². The largest absolute Gasteiger partial charge is 0.366 e. The molecule has 3 amide bonds. The van der Waals surface area contributed by atoms with Crippen molar-refractivity contribution in [2.45, 2.75) is 51.4 Å². The summed E-state index contributed by atoms with van der Waals surface area (Å²) < 4.78 is 48.3. The van der Waals surface area contributed by atoms with E-state index in [0.29, 0.717) is 58.8 Å². The predicted molar refractivity (Wildman–Crippen MR) is 197 cm³/mol. The summed E-state index contributed by atoms with van der Waals surface area (Å²) in [7, 11) is 0. The number of ketones is 1. The van der Waals surface area contributed by atoms with Crippen LogP contribution < -0.4 is 28.1 Å². The molecule has 6 rings (SSSR count). The number of amides is 3. The molecule has 0 saturated carbocycles. The van der Waals surface area contributed by atoms with Gasteiger partial charge in [-0.3, -0.25) is 25.0 Å². The first-order valence-corrected chi connectivity index (χ1v) is 17.2. The number of nitrogens with two attached hydrogens (primary N) is 3. The van der Waals surface area contributed by atoms with Gasteiger partial charge in [0.25, 0.3) is 18.2 Å². The van der Waals surface area contributed by atoms with Gasteiger partial charge in [0.15, 0.2) is 0 Å². The van der Waals surface area contributed by atoms with Gasteiger partial charge in [0.05, 0.1) is 34.3 Å². The molecule has 2 aliphatic rings. The first-order valence-electron chi connectivity index (χ1n) is 16.8. The van der Waals surface area contributed by atoms with Crippen LogP contribution in [-0.4, -0.2) is 99.0 Å². The number of anilines is 1. The van der Waals surface area contributed by atoms with Gasteiger partial charge in [-0.25, -0.2) is 37.5 Å². The number of fused-ring (bicyclic) bond motifs is 2. The molecule has 0 aromatic carbocycles. The number of piperidine rings is 2. The number of alkyl halides is 4. The zero-order chi connectivity index (χ0) is 38.7. The summed E-state index contributed by atoms with van der Waals surface area (Å²) in [5.74, 6) is 3.35. The van der Waals surface area contributed by atoms with Crippen molar-refractivity contribution in [1.82, 2.24) is 35.3 Å². The van der Waals surface area contributed by atoms with Gasteiger partial charge in [0.1, 0.15) is 17.1 Å². The third-order valence-electron chi connectivity index (χ3n) is 8.65. The molecule has 2 aliphatic heterocycles. The molecule has 6 heterocycles. The number of primary amides is 2. The molecule has 4 aromatic heterocycles. The molecule has 296 valence electrons. The Morgan fingerprint density at radius 1 is 0.870 bits per heavy atom. The number of nitrogens with zero attached hydrogens (tertiary/aromatic N) is 4. The van der Waals surface area contributed by atoms with E-state index in [1.165, 1.54) is 12.4 Å². The first-order chi connectivity index (χ1) is 25.2. The fourth-order valence-corrected chi connectivity index (χ4v) is 6.25. The number of aromatic amines is 2. The fraction of sp³-hybridized carbons (Fsp3) is 0.455. The zero-order valence-corrected chi connectivity index (χ0v) is 30.6. The summed E-state index contributed by atoms with van der Waals surface area (Å²) in [5.41, 5.74) is 16.0. The summed E-state index contributed by atoms with van der Waals surface area (Å²) >= 11 is 5.92. The van der Waals surface area contributed by atoms with E-state index < -0.39 is 37.6 Å². The maximum atomic E-state index is 12.3. The number of pyridine rings is 2. The Labute approximate surface area is 318 Å². The Morgan fingerprint density at radius 3 is 2.07 bits per heavy atom. The smallest absolute Gasteiger partial charge is 0.255 e. The standard InChI is InChI=1S/C17H21F2N5O2.C8H6ClN3O.C8H15F2N3O.ClH/c18-14(19)4-3-13(25)10-2-1-7-24(9-10)23-15-11-5-6-21-17(11)22-8-12(15)16(20)26;9-6-4-1-2-11-8(4)12-3-5(6)7(10)13;9-7(10)4-12-8(14)6-2-1-3-13(11)5-6;/h5-6,8,10,14H,1-4,7,9H2,(H2,20,26)(H2,21,22,23);1-3H,(H2,10,13)(H,11,12);6-7H,1-5,11H2,(H,12,14);1H/t10-;;6-;/m0.0./s1. The molecule has 2 atom stereocenters. The number of hydrogen-bond donors (Lipinski definition) is 7. The Bertz CT molecular complexity index is 1880. The summed E-state index contributed by atoms with van der Waals surface area (Å²) in [6, 6.07) is 3.53. The van der Waals surface area contributed by atoms with E-state index in [1.54, 1.807) is 29.5 Å². The molecule has 15 nitrogen and oxygen atoms in total. The molecule has 0 bridgehead atoms. The number of H-pyrrole nitrogens is 2. The number of hydrogen-bond acceptors (Lipinski definition) is 10. The molecular weight excluding hydrogens is 761 g/mol. The number of halogens is 6. The highest BCUT2D eigenvalue weighted by atomic mass is 35.5. The van der Waals surface area contributed by atoms with Crippen molar-refractivity contribution in [3.8, 4) is 0 Å². The maximum Gasteiger partial charge on any atom is 0.255 e. The number of carbonyl (C=O) groups is 4. The molecule has 0 radical (unpaired) electrons. The number of aromatic nitrogens is 4. The van der Waals surface area contributed by atoms with Crippen LogP contribution in [0.3, 0.4) is 0 Å². The highest BCUT2D eigenvalue weighted by molar-refractivity contribution is 6.38. The summed E-state index contributed by atoms with van der Waals surface area (Å²) in [6.07, 6.45) is 3.71. The highest BCUT2D eigenvalue weighted by Crippen LogP contribution is 2.28. The van der Waals surface area contributed by atoms with Crippen LogP contribution in [0.15, 0.2) is 36.9 Å². The number of rotatable bonds is 11. The van der Waals surface area contributed by atoms with Gasteiger partial charge < -0.3 is 32.2 Å². The van der Waals surface area contributed by atoms with Crippen LogP contribution in [0.25, 0.3) is 22.1 Å². The summed E-state index contributed by atoms with van der Waals surface area (Å²) in [5, 5.41) is 7.36. The molecule has 2 saturated heterocycles. The fourth-order valence-electron chi connectivity index (χ4n) is 5.96. The average Bonchev–Trinajstić information content (AvgIpc) is 3.81. The minimum absolute atomic E-state index is 0. The highest BCUT2D eigenvalue weighted by Gasteiger charge is 2.28. The minimum atomic E-state index is -2.49. The molecule has 10 N–H and O–H groups in total. The molecule has 0 spiro atoms. The van der Waals surface area contributed by atoms with E-state index in [-0.39, 0.29) is 53.5 Å². The van der Waals surface area contributed by atoms with Gasteiger partial charge in [-0.05, 0) is 37.8 Å². The van der Waals surface area contributed by atoms with Crippen molar-refractivity contribution < 1.29 is 36.7 Å². The molecule has 0 unspecified atom stereocenters. The molecule has 0 aliphatic carbocycles. The van der Waals surface area contributed by atoms with Crippen molar-refractivity contribution in [2.24, 2.45) is 29.1 Å². The monoisotopic (exact) mass is 803 g/mol. The second kappa shape index (κ2) is 20.8. The molecule has 54 heavy (non-hydrogen) atoms. The van der Waals surface area contributed by atoms with Gasteiger partial charge in [-0.15, -0.1) is 12.4 Å². The van der Waals surface area contributed by atoms with Gasteiger partial charge in [-0.2, -0.15) is 0 Å². The third-order valence-corrected chi connectivity index (χ3v) is 9.06. The van der Waals surface area contributed by atoms with Crippen molar-refractivity contribution >= 4 is 75.3 Å². The van der Waals surface area contributed by atoms with Crippen molar-refractivity contribution in [1.29, 1.82) is 0 Å². The normalized spacial score (nSPS) is 17.6. The van der Waals surface area contributed by atoms with Crippen LogP contribution in [0.4, 0.5) is 23.2 Å². The number of carbonyl (C=O) groups excluding carboxylic acids is 4. The van der Waals surface area contributed by atoms with E-state index in [2.05, 4.69) is 30.7 Å². The lowest BCUT2D eigenvalue weighted by Gasteiger charge is -2.33. The van der Waals surface area contributed by atoms with Crippen LogP contribution in [0.2, 0.25) is 5.02 Å². The third kappa shape index (κ3) is 12.2. The summed E-state index contributed by atoms with van der Waals surface area (Å²) in [4.78, 5) is 60.1. The number of nitrogens with one attached hydrogen (secondary N) is 4. The van der Waals surface area contributed by atoms with Gasteiger partial charge in [0, 0.05) is 80.5 Å². The lowest BCUT2D eigenvalue weighted by molar-refractivity contribution is -0.127. The zero-order valence-electron chi connectivity index (χ0n) is 29.0. The second-order valence-electron chi connectivity index (χ2n) is 12.5. The Morgan fingerprint density at radius 2 is 1.46 bits per heavy atom. The van der Waals surface area contributed by atoms with E-state index in [0.717, 1.165) is 25.8 Å². The molecular formula is C33H43Cl2F4N11O4. The van der Waals surface area contributed by atoms with Gasteiger partial charge in [-0.1, -0.05) is 11.6 Å². The lowest BCUT2D eigenvalue weighted by Crippen LogP contribution is -2.46. The number of hydrazine groups is 2. The first kappa shape index (κ1) is 43.8. The average molecular weight is 805 g/mol. The van der Waals surface area contributed by atoms with Crippen molar-refractivity contribution in [3.63, 3.8) is 0 Å². The topological polar surface area (TPSA) is 234 Å². The van der Waals surface area contributed by atoms with E-state index in [1.807, 2.05) is 5.01 Å². The quantitative estimate of drug-likeness (QED) is 0.0850. The Hall–Kier alpha value is -4.56. The minimum Gasteiger partial charge on any atom is -0.366 e. The van der Waals surface area contributed by atoms with Crippen LogP contribution in [0.1, 0.15) is 59.2 Å². The Balaban J connectivity index is 0.000000237. The van der Waals surface area contributed by atoms with Crippen molar-refractivity contribution in [3.05, 3.63) is 53.1 Å². The Kier molecular flexibility index (Phi) is 16.9. The van der Waals surface area contributed by atoms with E-state index in [4.69, 9.17) is 28.9 Å². The van der Waals surface area contributed by atoms with E-state index >= 15 is 0 Å². The maximum absolute atomic E-state index is 12.3. The molecule has 4 aromatic rings. The lowest BCUT2D eigenvalue weighted by atomic mass is 9.92. The van der Waals surface area contributed by atoms with Crippen LogP contribution in [-0.2, 0) is 9.59 Å². The molecule has 2 fully saturated rings. The number of Topliss-reactive ketones (excluding diaryl/α,β-unsaturated/α-hetero) is 1. The van der Waals surface area contributed by atoms with E-state index in [9.17, 15) is 36.7 Å². The van der Waals surface area contributed by atoms with Crippen molar-refractivity contribution in [2.75, 3.05) is 38.1 Å². The second-order valence-corrected chi connectivity index (χ2v) is 12.9. The summed E-state index contributed by atoms with van der Waals surface area (Å²) in [6.45, 7) is 1.72. The van der Waals surface area contributed by atoms with Crippen LogP contribution >= 0.6 is 24.0 Å². The SMILES string of the molecule is Cl.NC(=O)c1cnc2[nH]ccc2c1Cl.NC(=O)c1cnc2[nH]ccc2c1NN1CCC[C@H](C(=O)CCC(F)F)C1.NN1CCC[C@H](C(=O)NCC(F)F)C1.